The molecule has 1 aromatic heterocycles. The Morgan fingerprint density at radius 1 is 1.33 bits per heavy atom. The van der Waals surface area contributed by atoms with Crippen LogP contribution in [0, 0.1) is 0 Å². The molecule has 11 heteroatoms. The van der Waals surface area contributed by atoms with Crippen LogP contribution in [0.25, 0.3) is 0 Å². The van der Waals surface area contributed by atoms with Gasteiger partial charge in [-0.25, -0.2) is 13.6 Å². The second-order valence-electron chi connectivity index (χ2n) is 3.13. The molecule has 0 atom stereocenters. The van der Waals surface area contributed by atoms with Crippen molar-refractivity contribution >= 4 is 38.3 Å². The zero-order valence-electron chi connectivity index (χ0n) is 9.34. The molecule has 1 aromatic rings. The molecule has 0 fully saturated rings. The van der Waals surface area contributed by atoms with Crippen LogP contribution in [-0.2, 0) is 19.6 Å². The van der Waals surface area contributed by atoms with Crippen LogP contribution in [0.4, 0.5) is 5.13 Å². The zero-order chi connectivity index (χ0) is 13.8. The van der Waals surface area contributed by atoms with Gasteiger partial charge in [-0.3, -0.25) is 14.9 Å². The summed E-state index contributed by atoms with van der Waals surface area (Å²) in [5, 5.41) is 15.8. The van der Waals surface area contributed by atoms with Crippen molar-refractivity contribution < 1.29 is 18.0 Å². The van der Waals surface area contributed by atoms with E-state index in [1.165, 1.54) is 0 Å². The van der Waals surface area contributed by atoms with Gasteiger partial charge in [0.2, 0.25) is 9.47 Å². The number of anilines is 1. The molecule has 1 heterocycles. The fraction of sp³-hybridized carbons (Fsp3) is 0.429. The summed E-state index contributed by atoms with van der Waals surface area (Å²) < 4.78 is 21.4. The SMILES string of the molecule is CCCNC(=O)C(=O)Nc1nnc(S(N)(=O)=O)s1. The fourth-order valence-corrected chi connectivity index (χ4v) is 2.18. The smallest absolute Gasteiger partial charge is 0.315 e. The molecule has 0 bridgehead atoms. The van der Waals surface area contributed by atoms with Crippen molar-refractivity contribution in [3.8, 4) is 0 Å². The second kappa shape index (κ2) is 5.84. The summed E-state index contributed by atoms with van der Waals surface area (Å²) in [7, 11) is -3.96. The van der Waals surface area contributed by atoms with Gasteiger partial charge in [-0.2, -0.15) is 0 Å². The van der Waals surface area contributed by atoms with Crippen molar-refractivity contribution in [2.45, 2.75) is 17.7 Å². The lowest BCUT2D eigenvalue weighted by atomic mass is 10.4. The predicted molar refractivity (Wildman–Crippen MR) is 63.2 cm³/mol. The topological polar surface area (TPSA) is 144 Å². The van der Waals surface area contributed by atoms with Gasteiger partial charge >= 0.3 is 11.8 Å². The molecule has 0 aliphatic carbocycles. The van der Waals surface area contributed by atoms with Crippen molar-refractivity contribution in [2.75, 3.05) is 11.9 Å². The first-order valence-corrected chi connectivity index (χ1v) is 7.16. The van der Waals surface area contributed by atoms with Crippen LogP contribution in [-0.4, -0.2) is 37.0 Å². The highest BCUT2D eigenvalue weighted by atomic mass is 32.2. The largest absolute Gasteiger partial charge is 0.348 e. The van der Waals surface area contributed by atoms with Crippen LogP contribution < -0.4 is 15.8 Å². The average molecular weight is 293 g/mol. The van der Waals surface area contributed by atoms with E-state index >= 15 is 0 Å². The van der Waals surface area contributed by atoms with Crippen molar-refractivity contribution in [3.05, 3.63) is 0 Å². The van der Waals surface area contributed by atoms with Gasteiger partial charge in [0.05, 0.1) is 0 Å². The molecule has 0 aliphatic rings. The van der Waals surface area contributed by atoms with Crippen molar-refractivity contribution in [1.29, 1.82) is 0 Å². The molecule has 100 valence electrons. The summed E-state index contributed by atoms with van der Waals surface area (Å²) in [4.78, 5) is 22.5. The van der Waals surface area contributed by atoms with Gasteiger partial charge in [0.1, 0.15) is 0 Å². The fourth-order valence-electron chi connectivity index (χ4n) is 0.848. The van der Waals surface area contributed by atoms with E-state index in [9.17, 15) is 18.0 Å². The molecule has 9 nitrogen and oxygen atoms in total. The summed E-state index contributed by atoms with van der Waals surface area (Å²) >= 11 is 0.562. The van der Waals surface area contributed by atoms with Crippen LogP contribution in [0.3, 0.4) is 0 Å². The van der Waals surface area contributed by atoms with Gasteiger partial charge in [0, 0.05) is 6.54 Å². The number of hydrogen-bond acceptors (Lipinski definition) is 7. The van der Waals surface area contributed by atoms with Gasteiger partial charge < -0.3 is 5.32 Å². The van der Waals surface area contributed by atoms with Gasteiger partial charge in [0.15, 0.2) is 0 Å². The van der Waals surface area contributed by atoms with Crippen LogP contribution in [0.1, 0.15) is 13.3 Å². The molecular formula is C7H11N5O4S2. The average Bonchev–Trinajstić information content (AvgIpc) is 2.73. The summed E-state index contributed by atoms with van der Waals surface area (Å²) in [5.41, 5.74) is 0. The minimum absolute atomic E-state index is 0.115. The Morgan fingerprint density at radius 2 is 2.00 bits per heavy atom. The molecule has 0 saturated heterocycles. The third-order valence-corrected chi connectivity index (χ3v) is 3.76. The Labute approximate surface area is 107 Å². The number of nitrogens with zero attached hydrogens (tertiary/aromatic N) is 2. The quantitative estimate of drug-likeness (QED) is 0.462. The Kier molecular flexibility index (Phi) is 4.69. The first-order chi connectivity index (χ1) is 8.34. The molecule has 1 rings (SSSR count). The molecule has 0 aliphatic heterocycles. The first kappa shape index (κ1) is 14.5. The van der Waals surface area contributed by atoms with Crippen LogP contribution >= 0.6 is 11.3 Å². The van der Waals surface area contributed by atoms with E-state index < -0.39 is 26.2 Å². The number of sulfonamides is 1. The normalized spacial score (nSPS) is 11.0. The van der Waals surface area contributed by atoms with Gasteiger partial charge in [0.25, 0.3) is 10.0 Å². The Bertz CT molecular complexity index is 552. The number of primary sulfonamides is 1. The Morgan fingerprint density at radius 3 is 2.50 bits per heavy atom. The number of hydrogen-bond donors (Lipinski definition) is 3. The van der Waals surface area contributed by atoms with Gasteiger partial charge in [-0.15, -0.1) is 10.2 Å². The summed E-state index contributed by atoms with van der Waals surface area (Å²) in [5.74, 6) is -1.77. The zero-order valence-corrected chi connectivity index (χ0v) is 11.0. The minimum Gasteiger partial charge on any atom is -0.348 e. The summed E-state index contributed by atoms with van der Waals surface area (Å²) in [6, 6.07) is 0. The lowest BCUT2D eigenvalue weighted by molar-refractivity contribution is -0.136. The molecule has 0 unspecified atom stereocenters. The molecule has 0 saturated carbocycles. The van der Waals surface area contributed by atoms with E-state index in [1.54, 1.807) is 0 Å². The molecule has 0 spiro atoms. The monoisotopic (exact) mass is 293 g/mol. The highest BCUT2D eigenvalue weighted by Crippen LogP contribution is 2.18. The van der Waals surface area contributed by atoms with E-state index in [-0.39, 0.29) is 5.13 Å². The van der Waals surface area contributed by atoms with E-state index in [1.807, 2.05) is 6.92 Å². The minimum atomic E-state index is -3.96. The lowest BCUT2D eigenvalue weighted by Gasteiger charge is -2.01. The standard InChI is InChI=1S/C7H11N5O4S2/c1-2-3-9-4(13)5(14)10-6-11-12-7(17-6)18(8,15)16/h2-3H2,1H3,(H,9,13)(H2,8,15,16)(H,10,11,14). The van der Waals surface area contributed by atoms with Crippen LogP contribution in [0.15, 0.2) is 4.34 Å². The third kappa shape index (κ3) is 4.01. The maximum Gasteiger partial charge on any atom is 0.315 e. The molecular weight excluding hydrogens is 282 g/mol. The van der Waals surface area contributed by atoms with Crippen LogP contribution in [0.2, 0.25) is 0 Å². The second-order valence-corrected chi connectivity index (χ2v) is 5.84. The number of rotatable bonds is 4. The third-order valence-electron chi connectivity index (χ3n) is 1.61. The number of aromatic nitrogens is 2. The van der Waals surface area contributed by atoms with E-state index in [0.717, 1.165) is 0 Å². The number of nitrogens with one attached hydrogen (secondary N) is 2. The number of carbonyl (C=O) groups excluding carboxylic acids is 2. The summed E-state index contributed by atoms with van der Waals surface area (Å²) in [6.45, 7) is 2.20. The lowest BCUT2D eigenvalue weighted by Crippen LogP contribution is -2.35. The molecule has 0 aromatic carbocycles. The maximum atomic E-state index is 11.3. The van der Waals surface area contributed by atoms with E-state index in [4.69, 9.17) is 5.14 Å². The molecule has 18 heavy (non-hydrogen) atoms. The van der Waals surface area contributed by atoms with Crippen molar-refractivity contribution in [2.24, 2.45) is 5.14 Å². The first-order valence-electron chi connectivity index (χ1n) is 4.80. The number of amides is 2. The predicted octanol–water partition coefficient (Wildman–Crippen LogP) is -1.35. The van der Waals surface area contributed by atoms with Gasteiger partial charge in [-0.05, 0) is 6.42 Å². The molecule has 0 radical (unpaired) electrons. The summed E-state index contributed by atoms with van der Waals surface area (Å²) in [6.07, 6.45) is 0.688. The van der Waals surface area contributed by atoms with Crippen molar-refractivity contribution in [1.82, 2.24) is 15.5 Å². The van der Waals surface area contributed by atoms with E-state index in [0.29, 0.717) is 24.3 Å². The van der Waals surface area contributed by atoms with Crippen LogP contribution in [0.5, 0.6) is 0 Å². The highest BCUT2D eigenvalue weighted by Gasteiger charge is 2.19. The van der Waals surface area contributed by atoms with Crippen molar-refractivity contribution in [3.63, 3.8) is 0 Å². The number of nitrogens with two attached hydrogens (primary N) is 1. The molecule has 4 N–H and O–H groups in total. The van der Waals surface area contributed by atoms with E-state index in [2.05, 4.69) is 20.8 Å². The Hall–Kier alpha value is -1.59. The Balaban J connectivity index is 2.66. The molecule has 2 amide bonds. The number of carbonyl (C=O) groups is 2. The maximum absolute atomic E-state index is 11.3. The van der Waals surface area contributed by atoms with Gasteiger partial charge in [-0.1, -0.05) is 18.3 Å². The highest BCUT2D eigenvalue weighted by molar-refractivity contribution is 7.91.